The summed E-state index contributed by atoms with van der Waals surface area (Å²) in [5, 5.41) is 3.03. The van der Waals surface area contributed by atoms with Crippen molar-refractivity contribution in [2.75, 3.05) is 6.54 Å². The molecule has 0 aliphatic rings. The highest BCUT2D eigenvalue weighted by atomic mass is 16.1. The zero-order valence-electron chi connectivity index (χ0n) is 8.29. The molecular weight excluding hydrogens is 152 g/mol. The zero-order valence-corrected chi connectivity index (χ0v) is 8.29. The van der Waals surface area contributed by atoms with Crippen LogP contribution in [0.1, 0.15) is 27.7 Å². The van der Waals surface area contributed by atoms with Gasteiger partial charge < -0.3 is 5.32 Å². The third-order valence-electron chi connectivity index (χ3n) is 1.20. The first kappa shape index (κ1) is 11.3. The molecule has 0 saturated heterocycles. The first-order valence-corrected chi connectivity index (χ1v) is 4.31. The Kier molecular flexibility index (Phi) is 5.54. The maximum atomic E-state index is 11.0. The fourth-order valence-corrected chi connectivity index (χ4v) is 0.583. The van der Waals surface area contributed by atoms with Gasteiger partial charge in [-0.2, -0.15) is 0 Å². The lowest BCUT2D eigenvalue weighted by atomic mass is 10.3. The van der Waals surface area contributed by atoms with Gasteiger partial charge in [0.15, 0.2) is 5.78 Å². The molecule has 70 valence electrons. The van der Waals surface area contributed by atoms with Gasteiger partial charge in [-0.05, 0) is 13.8 Å². The molecule has 0 heterocycles. The molecule has 0 aromatic heterocycles. The van der Waals surface area contributed by atoms with Crippen LogP contribution in [-0.4, -0.2) is 30.6 Å². The van der Waals surface area contributed by atoms with E-state index in [1.807, 2.05) is 27.7 Å². The van der Waals surface area contributed by atoms with Gasteiger partial charge in [-0.3, -0.25) is 9.79 Å². The quantitative estimate of drug-likeness (QED) is 0.626. The molecule has 0 bridgehead atoms. The largest absolute Gasteiger partial charge is 0.307 e. The SMILES string of the molecule is CC(C)N=CC(=O)CNC(C)C. The molecule has 3 heteroatoms. The van der Waals surface area contributed by atoms with Gasteiger partial charge in [0.25, 0.3) is 0 Å². The van der Waals surface area contributed by atoms with Crippen LogP contribution in [-0.2, 0) is 4.79 Å². The second-order valence-corrected chi connectivity index (χ2v) is 3.37. The molecule has 3 nitrogen and oxygen atoms in total. The van der Waals surface area contributed by atoms with Gasteiger partial charge in [-0.15, -0.1) is 0 Å². The van der Waals surface area contributed by atoms with Crippen molar-refractivity contribution in [1.29, 1.82) is 0 Å². The number of rotatable bonds is 5. The van der Waals surface area contributed by atoms with Crippen molar-refractivity contribution in [3.63, 3.8) is 0 Å². The van der Waals surface area contributed by atoms with Crippen LogP contribution < -0.4 is 5.32 Å². The van der Waals surface area contributed by atoms with E-state index in [4.69, 9.17) is 0 Å². The summed E-state index contributed by atoms with van der Waals surface area (Å²) in [7, 11) is 0. The molecule has 0 spiro atoms. The molecule has 0 aliphatic heterocycles. The Bertz CT molecular complexity index is 162. The lowest BCUT2D eigenvalue weighted by Gasteiger charge is -2.04. The van der Waals surface area contributed by atoms with Gasteiger partial charge in [0, 0.05) is 12.1 Å². The number of aliphatic imine (C=N–C) groups is 1. The summed E-state index contributed by atoms with van der Waals surface area (Å²) in [5.74, 6) is 0.0393. The number of Topliss-reactive ketones (excluding diaryl/α,β-unsaturated/α-hetero) is 1. The Labute approximate surface area is 74.3 Å². The van der Waals surface area contributed by atoms with Crippen LogP contribution >= 0.6 is 0 Å². The summed E-state index contributed by atoms with van der Waals surface area (Å²) in [6.07, 6.45) is 1.40. The molecule has 0 atom stereocenters. The van der Waals surface area contributed by atoms with Gasteiger partial charge in [0.1, 0.15) is 0 Å². The average molecular weight is 170 g/mol. The molecule has 0 aromatic rings. The number of hydrogen-bond donors (Lipinski definition) is 1. The van der Waals surface area contributed by atoms with Crippen molar-refractivity contribution < 1.29 is 4.79 Å². The van der Waals surface area contributed by atoms with E-state index in [0.29, 0.717) is 12.6 Å². The Balaban J connectivity index is 3.60. The first-order chi connectivity index (χ1) is 5.52. The summed E-state index contributed by atoms with van der Waals surface area (Å²) in [6.45, 7) is 8.28. The van der Waals surface area contributed by atoms with Crippen molar-refractivity contribution in [2.45, 2.75) is 39.8 Å². The summed E-state index contributed by atoms with van der Waals surface area (Å²) >= 11 is 0. The van der Waals surface area contributed by atoms with Crippen molar-refractivity contribution in [2.24, 2.45) is 4.99 Å². The van der Waals surface area contributed by atoms with E-state index in [1.54, 1.807) is 0 Å². The number of carbonyl (C=O) groups is 1. The number of ketones is 1. The third kappa shape index (κ3) is 7.41. The summed E-state index contributed by atoms with van der Waals surface area (Å²) in [4.78, 5) is 15.0. The zero-order chi connectivity index (χ0) is 9.56. The predicted octanol–water partition coefficient (Wildman–Crippen LogP) is 1.03. The molecule has 0 saturated carbocycles. The highest BCUT2D eigenvalue weighted by molar-refractivity contribution is 6.28. The van der Waals surface area contributed by atoms with E-state index in [-0.39, 0.29) is 11.8 Å². The van der Waals surface area contributed by atoms with E-state index in [2.05, 4.69) is 10.3 Å². The smallest absolute Gasteiger partial charge is 0.187 e. The third-order valence-corrected chi connectivity index (χ3v) is 1.20. The molecule has 0 aliphatic carbocycles. The molecule has 0 rings (SSSR count). The van der Waals surface area contributed by atoms with Crippen LogP contribution in [0.5, 0.6) is 0 Å². The summed E-state index contributed by atoms with van der Waals surface area (Å²) < 4.78 is 0. The standard InChI is InChI=1S/C9H18N2O/c1-7(2)10-5-9(12)6-11-8(3)4/h5,7-8,11H,6H2,1-4H3. The second-order valence-electron chi connectivity index (χ2n) is 3.37. The Morgan fingerprint density at radius 1 is 1.42 bits per heavy atom. The predicted molar refractivity (Wildman–Crippen MR) is 51.8 cm³/mol. The van der Waals surface area contributed by atoms with E-state index < -0.39 is 0 Å². The molecule has 0 radical (unpaired) electrons. The fraction of sp³-hybridized carbons (Fsp3) is 0.778. The van der Waals surface area contributed by atoms with Crippen molar-refractivity contribution in [3.8, 4) is 0 Å². The number of nitrogens with zero attached hydrogens (tertiary/aromatic N) is 1. The van der Waals surface area contributed by atoms with Crippen LogP contribution in [0.3, 0.4) is 0 Å². The fourth-order valence-electron chi connectivity index (χ4n) is 0.583. The minimum atomic E-state index is 0.0393. The van der Waals surface area contributed by atoms with Crippen molar-refractivity contribution >= 4 is 12.0 Å². The first-order valence-electron chi connectivity index (χ1n) is 4.31. The van der Waals surface area contributed by atoms with Gasteiger partial charge in [-0.25, -0.2) is 0 Å². The Morgan fingerprint density at radius 3 is 2.42 bits per heavy atom. The average Bonchev–Trinajstić information content (AvgIpc) is 1.96. The van der Waals surface area contributed by atoms with Crippen LogP contribution in [0, 0.1) is 0 Å². The second kappa shape index (κ2) is 5.89. The number of nitrogens with one attached hydrogen (secondary N) is 1. The highest BCUT2D eigenvalue weighted by Gasteiger charge is 1.98. The van der Waals surface area contributed by atoms with E-state index in [9.17, 15) is 4.79 Å². The maximum absolute atomic E-state index is 11.0. The normalized spacial score (nSPS) is 11.8. The van der Waals surface area contributed by atoms with Crippen LogP contribution in [0.4, 0.5) is 0 Å². The minimum absolute atomic E-state index is 0.0393. The number of hydrogen-bond acceptors (Lipinski definition) is 3. The molecular formula is C9H18N2O. The molecule has 0 unspecified atom stereocenters. The van der Waals surface area contributed by atoms with Crippen LogP contribution in [0.15, 0.2) is 4.99 Å². The topological polar surface area (TPSA) is 41.5 Å². The minimum Gasteiger partial charge on any atom is -0.307 e. The highest BCUT2D eigenvalue weighted by Crippen LogP contribution is 1.83. The molecule has 12 heavy (non-hydrogen) atoms. The molecule has 1 N–H and O–H groups in total. The molecule has 0 fully saturated rings. The summed E-state index contributed by atoms with van der Waals surface area (Å²) in [5.41, 5.74) is 0. The Morgan fingerprint density at radius 2 is 2.00 bits per heavy atom. The van der Waals surface area contributed by atoms with Gasteiger partial charge in [-0.1, -0.05) is 13.8 Å². The monoisotopic (exact) mass is 170 g/mol. The van der Waals surface area contributed by atoms with Crippen LogP contribution in [0.2, 0.25) is 0 Å². The maximum Gasteiger partial charge on any atom is 0.187 e. The summed E-state index contributed by atoms with van der Waals surface area (Å²) in [6, 6.07) is 0.550. The van der Waals surface area contributed by atoms with E-state index in [1.165, 1.54) is 6.21 Å². The van der Waals surface area contributed by atoms with Crippen molar-refractivity contribution in [1.82, 2.24) is 5.32 Å². The van der Waals surface area contributed by atoms with Gasteiger partial charge in [0.05, 0.1) is 12.8 Å². The number of carbonyl (C=O) groups excluding carboxylic acids is 1. The van der Waals surface area contributed by atoms with Gasteiger partial charge in [0.2, 0.25) is 0 Å². The van der Waals surface area contributed by atoms with Gasteiger partial charge >= 0.3 is 0 Å². The lowest BCUT2D eigenvalue weighted by molar-refractivity contribution is -0.111. The Hall–Kier alpha value is -0.700. The van der Waals surface area contributed by atoms with E-state index >= 15 is 0 Å². The van der Waals surface area contributed by atoms with Crippen LogP contribution in [0.25, 0.3) is 0 Å². The molecule has 0 aromatic carbocycles. The van der Waals surface area contributed by atoms with E-state index in [0.717, 1.165) is 0 Å². The lowest BCUT2D eigenvalue weighted by Crippen LogP contribution is -2.29. The van der Waals surface area contributed by atoms with Crippen molar-refractivity contribution in [3.05, 3.63) is 0 Å². The molecule has 0 amide bonds.